The number of nitrogens with two attached hydrogens (primary N) is 1. The van der Waals surface area contributed by atoms with Crippen molar-refractivity contribution in [3.05, 3.63) is 28.7 Å². The van der Waals surface area contributed by atoms with Crippen LogP contribution in [0.15, 0.2) is 28.7 Å². The molecule has 1 saturated heterocycles. The van der Waals surface area contributed by atoms with E-state index in [1.165, 1.54) is 0 Å². The van der Waals surface area contributed by atoms with Gasteiger partial charge in [0.15, 0.2) is 0 Å². The first-order valence-corrected chi connectivity index (χ1v) is 5.30. The minimum absolute atomic E-state index is 0.0168. The molecule has 1 atom stereocenters. The van der Waals surface area contributed by atoms with Crippen molar-refractivity contribution in [3.8, 4) is 0 Å². The lowest BCUT2D eigenvalue weighted by Gasteiger charge is -2.16. The number of hydrogen-bond acceptors (Lipinski definition) is 2. The molecule has 4 heteroatoms. The molecule has 1 aliphatic rings. The van der Waals surface area contributed by atoms with E-state index in [-0.39, 0.29) is 11.9 Å². The van der Waals surface area contributed by atoms with Gasteiger partial charge in [-0.05, 0) is 24.6 Å². The molecule has 1 aliphatic heterocycles. The van der Waals surface area contributed by atoms with E-state index in [0.29, 0.717) is 0 Å². The Labute approximate surface area is 91.0 Å². The molecule has 74 valence electrons. The van der Waals surface area contributed by atoms with E-state index < -0.39 is 0 Å². The largest absolute Gasteiger partial charge is 0.320 e. The van der Waals surface area contributed by atoms with Gasteiger partial charge in [0.05, 0.1) is 6.04 Å². The molecule has 3 nitrogen and oxygen atoms in total. The third kappa shape index (κ3) is 1.67. The van der Waals surface area contributed by atoms with Crippen molar-refractivity contribution in [2.75, 3.05) is 11.4 Å². The Balaban J connectivity index is 2.28. The molecule has 1 amide bonds. The first kappa shape index (κ1) is 9.68. The molecule has 1 aromatic carbocycles. The van der Waals surface area contributed by atoms with Crippen LogP contribution in [0, 0.1) is 0 Å². The molecule has 0 bridgehead atoms. The van der Waals surface area contributed by atoms with Gasteiger partial charge in [0.1, 0.15) is 0 Å². The molecule has 1 heterocycles. The van der Waals surface area contributed by atoms with Gasteiger partial charge in [0.2, 0.25) is 5.91 Å². The molecule has 0 saturated carbocycles. The first-order chi connectivity index (χ1) is 6.68. The Morgan fingerprint density at radius 1 is 1.50 bits per heavy atom. The normalized spacial score (nSPS) is 21.7. The second-order valence-corrected chi connectivity index (χ2v) is 4.28. The average Bonchev–Trinajstić information content (AvgIpc) is 2.48. The summed E-state index contributed by atoms with van der Waals surface area (Å²) < 4.78 is 0.975. The van der Waals surface area contributed by atoms with Gasteiger partial charge in [-0.25, -0.2) is 0 Å². The molecule has 1 aromatic rings. The summed E-state index contributed by atoms with van der Waals surface area (Å²) in [5.41, 5.74) is 6.56. The smallest absolute Gasteiger partial charge is 0.243 e. The van der Waals surface area contributed by atoms with Crippen LogP contribution in [0.3, 0.4) is 0 Å². The van der Waals surface area contributed by atoms with Gasteiger partial charge < -0.3 is 10.6 Å². The lowest BCUT2D eigenvalue weighted by Crippen LogP contribution is -2.33. The molecule has 0 spiro atoms. The van der Waals surface area contributed by atoms with Crippen molar-refractivity contribution in [2.24, 2.45) is 5.73 Å². The van der Waals surface area contributed by atoms with E-state index >= 15 is 0 Å². The molecule has 2 rings (SSSR count). The van der Waals surface area contributed by atoms with E-state index in [2.05, 4.69) is 15.9 Å². The van der Waals surface area contributed by atoms with Crippen molar-refractivity contribution >= 4 is 27.5 Å². The highest BCUT2D eigenvalue weighted by Gasteiger charge is 2.29. The van der Waals surface area contributed by atoms with Crippen LogP contribution in [-0.2, 0) is 4.79 Å². The number of amides is 1. The fourth-order valence-corrected chi connectivity index (χ4v) is 1.99. The number of anilines is 1. The SMILES string of the molecule is NC1CCN(c2cccc(Br)c2)C1=O. The van der Waals surface area contributed by atoms with Crippen LogP contribution < -0.4 is 10.6 Å². The summed E-state index contributed by atoms with van der Waals surface area (Å²) in [6.45, 7) is 0.719. The Kier molecular flexibility index (Phi) is 2.56. The predicted molar refractivity (Wildman–Crippen MR) is 59.1 cm³/mol. The summed E-state index contributed by atoms with van der Waals surface area (Å²) in [7, 11) is 0. The van der Waals surface area contributed by atoms with Gasteiger partial charge in [-0.3, -0.25) is 4.79 Å². The van der Waals surface area contributed by atoms with Gasteiger partial charge in [-0.2, -0.15) is 0 Å². The Bertz CT molecular complexity index is 367. The number of benzene rings is 1. The zero-order chi connectivity index (χ0) is 10.1. The van der Waals surface area contributed by atoms with Crippen molar-refractivity contribution in [2.45, 2.75) is 12.5 Å². The Hall–Kier alpha value is -0.870. The third-order valence-corrected chi connectivity index (χ3v) is 2.86. The van der Waals surface area contributed by atoms with E-state index in [9.17, 15) is 4.79 Å². The van der Waals surface area contributed by atoms with Crippen LogP contribution in [0.2, 0.25) is 0 Å². The Morgan fingerprint density at radius 3 is 2.86 bits per heavy atom. The number of rotatable bonds is 1. The highest BCUT2D eigenvalue weighted by molar-refractivity contribution is 9.10. The summed E-state index contributed by atoms with van der Waals surface area (Å²) in [5.74, 6) is 0.0168. The molecule has 2 N–H and O–H groups in total. The maximum atomic E-state index is 11.6. The second-order valence-electron chi connectivity index (χ2n) is 3.36. The molecule has 0 radical (unpaired) electrons. The molecule has 0 aliphatic carbocycles. The minimum Gasteiger partial charge on any atom is -0.320 e. The lowest BCUT2D eigenvalue weighted by atomic mass is 10.3. The van der Waals surface area contributed by atoms with Crippen LogP contribution in [0.4, 0.5) is 5.69 Å². The number of carbonyl (C=O) groups is 1. The number of hydrogen-bond donors (Lipinski definition) is 1. The monoisotopic (exact) mass is 254 g/mol. The van der Waals surface area contributed by atoms with E-state index in [1.807, 2.05) is 24.3 Å². The summed E-state index contributed by atoms with van der Waals surface area (Å²) in [6, 6.07) is 7.37. The minimum atomic E-state index is -0.325. The molecule has 1 fully saturated rings. The fraction of sp³-hybridized carbons (Fsp3) is 0.300. The number of nitrogens with zero attached hydrogens (tertiary/aromatic N) is 1. The van der Waals surface area contributed by atoms with Crippen molar-refractivity contribution in [1.82, 2.24) is 0 Å². The van der Waals surface area contributed by atoms with Gasteiger partial charge in [-0.1, -0.05) is 22.0 Å². The fourth-order valence-electron chi connectivity index (χ4n) is 1.60. The zero-order valence-electron chi connectivity index (χ0n) is 7.61. The molecular weight excluding hydrogens is 244 g/mol. The topological polar surface area (TPSA) is 46.3 Å². The van der Waals surface area contributed by atoms with E-state index in [0.717, 1.165) is 23.1 Å². The number of carbonyl (C=O) groups excluding carboxylic acids is 1. The van der Waals surface area contributed by atoms with Crippen LogP contribution in [-0.4, -0.2) is 18.5 Å². The number of halogens is 1. The average molecular weight is 255 g/mol. The maximum absolute atomic E-state index is 11.6. The summed E-state index contributed by atoms with van der Waals surface area (Å²) >= 11 is 3.38. The first-order valence-electron chi connectivity index (χ1n) is 4.51. The van der Waals surface area contributed by atoms with Gasteiger partial charge in [0.25, 0.3) is 0 Å². The quantitative estimate of drug-likeness (QED) is 0.826. The highest BCUT2D eigenvalue weighted by Crippen LogP contribution is 2.23. The summed E-state index contributed by atoms with van der Waals surface area (Å²) in [6.07, 6.45) is 0.741. The van der Waals surface area contributed by atoms with Crippen LogP contribution in [0.1, 0.15) is 6.42 Å². The lowest BCUT2D eigenvalue weighted by molar-refractivity contribution is -0.118. The second kappa shape index (κ2) is 3.71. The standard InChI is InChI=1S/C10H11BrN2O/c11-7-2-1-3-8(6-7)13-5-4-9(12)10(13)14/h1-3,6,9H,4-5,12H2. The summed E-state index contributed by atoms with van der Waals surface area (Å²) in [4.78, 5) is 13.3. The highest BCUT2D eigenvalue weighted by atomic mass is 79.9. The summed E-state index contributed by atoms with van der Waals surface area (Å²) in [5, 5.41) is 0. The Morgan fingerprint density at radius 2 is 2.29 bits per heavy atom. The maximum Gasteiger partial charge on any atom is 0.243 e. The predicted octanol–water partition coefficient (Wildman–Crippen LogP) is 1.51. The zero-order valence-corrected chi connectivity index (χ0v) is 9.20. The van der Waals surface area contributed by atoms with E-state index in [4.69, 9.17) is 5.73 Å². The molecular formula is C10H11BrN2O. The van der Waals surface area contributed by atoms with Crippen molar-refractivity contribution in [1.29, 1.82) is 0 Å². The molecule has 1 unspecified atom stereocenters. The van der Waals surface area contributed by atoms with Crippen molar-refractivity contribution in [3.63, 3.8) is 0 Å². The van der Waals surface area contributed by atoms with E-state index in [1.54, 1.807) is 4.90 Å². The molecule has 14 heavy (non-hydrogen) atoms. The van der Waals surface area contributed by atoms with Gasteiger partial charge in [-0.15, -0.1) is 0 Å². The van der Waals surface area contributed by atoms with Crippen LogP contribution >= 0.6 is 15.9 Å². The van der Waals surface area contributed by atoms with Crippen LogP contribution in [0.5, 0.6) is 0 Å². The van der Waals surface area contributed by atoms with Crippen LogP contribution in [0.25, 0.3) is 0 Å². The molecule has 0 aromatic heterocycles. The van der Waals surface area contributed by atoms with Gasteiger partial charge >= 0.3 is 0 Å². The van der Waals surface area contributed by atoms with Gasteiger partial charge in [0, 0.05) is 16.7 Å². The van der Waals surface area contributed by atoms with Crippen molar-refractivity contribution < 1.29 is 4.79 Å². The third-order valence-electron chi connectivity index (χ3n) is 2.37.